The lowest BCUT2D eigenvalue weighted by Gasteiger charge is -1.97. The summed E-state index contributed by atoms with van der Waals surface area (Å²) in [6, 6.07) is 0. The third kappa shape index (κ3) is 4.72. The largest absolute Gasteiger partial charge is 0.744 e. The molecule has 0 N–H and O–H groups in total. The molecule has 0 amide bonds. The van der Waals surface area contributed by atoms with E-state index in [-0.39, 0.29) is 12.2 Å². The molecule has 0 radical (unpaired) electrons. The molecule has 0 saturated carbocycles. The summed E-state index contributed by atoms with van der Waals surface area (Å²) in [6.45, 7) is 2.71. The van der Waals surface area contributed by atoms with Crippen molar-refractivity contribution in [3.05, 3.63) is 0 Å². The van der Waals surface area contributed by atoms with Crippen molar-refractivity contribution in [2.45, 2.75) is 18.9 Å². The van der Waals surface area contributed by atoms with Gasteiger partial charge in [0.2, 0.25) is 0 Å². The van der Waals surface area contributed by atoms with Gasteiger partial charge >= 0.3 is 16.5 Å². The second-order valence-corrected chi connectivity index (χ2v) is 4.66. The maximum Gasteiger partial charge on any atom is 0.744 e. The van der Waals surface area contributed by atoms with Crippen molar-refractivity contribution in [1.29, 1.82) is 0 Å². The first-order valence-corrected chi connectivity index (χ1v) is 5.77. The van der Waals surface area contributed by atoms with Crippen LogP contribution in [0.15, 0.2) is 0 Å². The van der Waals surface area contributed by atoms with Gasteiger partial charge in [-0.3, -0.25) is 0 Å². The Bertz CT molecular complexity index is 225. The fourth-order valence-corrected chi connectivity index (χ4v) is 1.55. The monoisotopic (exact) mass is 227 g/mol. The fourth-order valence-electron chi connectivity index (χ4n) is 0.682. The van der Waals surface area contributed by atoms with Crippen LogP contribution in [0.25, 0.3) is 0 Å². The molecule has 0 spiro atoms. The minimum Gasteiger partial charge on any atom is -0.563 e. The van der Waals surface area contributed by atoms with Gasteiger partial charge in [0.15, 0.2) is 0 Å². The van der Waals surface area contributed by atoms with Gasteiger partial charge in [-0.1, -0.05) is 0 Å². The molecule has 3 unspecified atom stereocenters. The van der Waals surface area contributed by atoms with Crippen LogP contribution < -0.4 is 4.89 Å². The Morgan fingerprint density at radius 3 is 2.69 bits per heavy atom. The van der Waals surface area contributed by atoms with Gasteiger partial charge in [-0.2, -0.15) is 0 Å². The van der Waals surface area contributed by atoms with Crippen LogP contribution in [-0.4, -0.2) is 18.8 Å². The van der Waals surface area contributed by atoms with Crippen LogP contribution >= 0.6 is 16.5 Å². The molecule has 13 heavy (non-hydrogen) atoms. The zero-order chi connectivity index (χ0) is 9.90. The summed E-state index contributed by atoms with van der Waals surface area (Å²) in [7, 11) is -5.66. The first-order valence-electron chi connectivity index (χ1n) is 3.58. The lowest BCUT2D eigenvalue weighted by atomic mass is 10.1. The summed E-state index contributed by atoms with van der Waals surface area (Å²) in [5.74, 6) is 0. The van der Waals surface area contributed by atoms with E-state index in [4.69, 9.17) is 4.74 Å². The Morgan fingerprint density at radius 2 is 2.23 bits per heavy atom. The van der Waals surface area contributed by atoms with Crippen LogP contribution in [0.1, 0.15) is 13.3 Å². The number of hydrogen-bond donors (Lipinski definition) is 0. The van der Waals surface area contributed by atoms with Crippen molar-refractivity contribution >= 4 is 16.5 Å². The molecule has 1 heterocycles. The summed E-state index contributed by atoms with van der Waals surface area (Å²) in [5, 5.41) is 0. The van der Waals surface area contributed by atoms with Gasteiger partial charge in [-0.25, -0.2) is 0 Å². The molecule has 74 valence electrons. The zero-order valence-corrected chi connectivity index (χ0v) is 8.75. The van der Waals surface area contributed by atoms with E-state index < -0.39 is 16.5 Å². The summed E-state index contributed by atoms with van der Waals surface area (Å²) in [5.41, 5.74) is -0.185. The molecule has 0 bridgehead atoms. The third-order valence-electron chi connectivity index (χ3n) is 1.60. The van der Waals surface area contributed by atoms with Gasteiger partial charge in [-0.15, -0.1) is 4.52 Å². The SMILES string of the molecule is CC1(CCO[P+](=O)O[P+](=O)[O-])CO1. The van der Waals surface area contributed by atoms with Gasteiger partial charge in [0.05, 0.1) is 12.2 Å². The molecule has 1 saturated heterocycles. The number of hydrogen-bond acceptors (Lipinski definition) is 6. The highest BCUT2D eigenvalue weighted by atomic mass is 31.2. The molecular weight excluding hydrogens is 218 g/mol. The van der Waals surface area contributed by atoms with Crippen LogP contribution in [0.3, 0.4) is 0 Å². The fraction of sp³-hybridized carbons (Fsp3) is 1.00. The minimum absolute atomic E-state index is 0.162. The van der Waals surface area contributed by atoms with Crippen molar-refractivity contribution in [3.8, 4) is 0 Å². The van der Waals surface area contributed by atoms with Crippen molar-refractivity contribution in [3.63, 3.8) is 0 Å². The van der Waals surface area contributed by atoms with Gasteiger partial charge in [0.25, 0.3) is 0 Å². The highest BCUT2D eigenvalue weighted by Gasteiger charge is 2.40. The second-order valence-electron chi connectivity index (χ2n) is 2.85. The van der Waals surface area contributed by atoms with E-state index >= 15 is 0 Å². The van der Waals surface area contributed by atoms with E-state index in [1.807, 2.05) is 6.92 Å². The molecule has 1 fully saturated rings. The Hall–Kier alpha value is 0.0400. The van der Waals surface area contributed by atoms with Gasteiger partial charge in [0, 0.05) is 11.0 Å². The molecule has 1 aliphatic rings. The Labute approximate surface area is 77.1 Å². The van der Waals surface area contributed by atoms with E-state index in [1.54, 1.807) is 0 Å². The maximum atomic E-state index is 10.6. The number of ether oxygens (including phenoxy) is 1. The lowest BCUT2D eigenvalue weighted by molar-refractivity contribution is -0.178. The van der Waals surface area contributed by atoms with E-state index in [1.165, 1.54) is 0 Å². The lowest BCUT2D eigenvalue weighted by Crippen LogP contribution is -2.07. The molecule has 0 aliphatic carbocycles. The maximum absolute atomic E-state index is 10.6. The molecule has 1 rings (SSSR count). The van der Waals surface area contributed by atoms with Crippen molar-refractivity contribution in [1.82, 2.24) is 0 Å². The van der Waals surface area contributed by atoms with Crippen molar-refractivity contribution in [2.75, 3.05) is 13.2 Å². The van der Waals surface area contributed by atoms with Gasteiger partial charge in [-0.05, 0) is 11.5 Å². The average molecular weight is 227 g/mol. The predicted octanol–water partition coefficient (Wildman–Crippen LogP) is 0.874. The first kappa shape index (κ1) is 11.1. The molecule has 3 atom stereocenters. The van der Waals surface area contributed by atoms with Gasteiger partial charge in [0.1, 0.15) is 10.9 Å². The topological polar surface area (TPSA) is 88.2 Å². The number of rotatable bonds is 6. The molecular formula is C5H9O6P2+. The third-order valence-corrected chi connectivity index (χ3v) is 3.06. The highest BCUT2D eigenvalue weighted by molar-refractivity contribution is 7.46. The minimum atomic E-state index is -3.11. The molecule has 8 heteroatoms. The first-order chi connectivity index (χ1) is 6.02. The van der Waals surface area contributed by atoms with Crippen molar-refractivity contribution < 1.29 is 27.6 Å². The van der Waals surface area contributed by atoms with Crippen LogP contribution in [0.4, 0.5) is 0 Å². The zero-order valence-electron chi connectivity index (χ0n) is 6.97. The van der Waals surface area contributed by atoms with Crippen LogP contribution in [0, 0.1) is 0 Å². The van der Waals surface area contributed by atoms with E-state index in [9.17, 15) is 14.0 Å². The summed E-state index contributed by atoms with van der Waals surface area (Å²) in [6.07, 6.45) is 0.576. The second kappa shape index (κ2) is 4.51. The van der Waals surface area contributed by atoms with Crippen molar-refractivity contribution in [2.24, 2.45) is 0 Å². The predicted molar refractivity (Wildman–Crippen MR) is 41.2 cm³/mol. The molecule has 0 aromatic heterocycles. The molecule has 6 nitrogen and oxygen atoms in total. The normalized spacial score (nSPS) is 28.5. The Kier molecular flexibility index (Phi) is 3.86. The molecule has 1 aliphatic heterocycles. The Balaban J connectivity index is 2.05. The Morgan fingerprint density at radius 1 is 1.62 bits per heavy atom. The van der Waals surface area contributed by atoms with E-state index in [0.29, 0.717) is 13.0 Å². The van der Waals surface area contributed by atoms with Crippen LogP contribution in [-0.2, 0) is 22.7 Å². The number of epoxide rings is 1. The van der Waals surface area contributed by atoms with Crippen LogP contribution in [0.5, 0.6) is 0 Å². The van der Waals surface area contributed by atoms with E-state index in [0.717, 1.165) is 0 Å². The molecule has 0 aromatic rings. The highest BCUT2D eigenvalue weighted by Crippen LogP contribution is 2.36. The average Bonchev–Trinajstić information content (AvgIpc) is 2.66. The molecule has 0 aromatic carbocycles. The summed E-state index contributed by atoms with van der Waals surface area (Å²) in [4.78, 5) is 9.91. The standard InChI is InChI=1S/C5H9O6P2/c1-5(4-9-5)2-3-10-13(8)11-12(6)7/h2-4H2,1H3/q+1. The summed E-state index contributed by atoms with van der Waals surface area (Å²) >= 11 is 0. The quantitative estimate of drug-likeness (QED) is 0.494. The smallest absolute Gasteiger partial charge is 0.563 e. The summed E-state index contributed by atoms with van der Waals surface area (Å²) < 4.78 is 34.0. The van der Waals surface area contributed by atoms with Gasteiger partial charge < -0.3 is 9.63 Å². The van der Waals surface area contributed by atoms with Crippen LogP contribution in [0.2, 0.25) is 0 Å². The van der Waals surface area contributed by atoms with E-state index in [2.05, 4.69) is 8.83 Å².